The van der Waals surface area contributed by atoms with E-state index in [1.54, 1.807) is 20.8 Å². The standard InChI is InChI=1S/C21H30N2O5/c1-20(2,3)28-19(26)23-13-11-21(27,12-14-23)18(25)22-17(10-7-15-24)16-8-5-4-6-9-16/h4-6,8-9,15,17,27H,7,10-14H2,1-3H3,(H,22,25). The van der Waals surface area contributed by atoms with E-state index in [1.807, 2.05) is 30.3 Å². The molecular formula is C21H30N2O5. The molecule has 1 aliphatic heterocycles. The van der Waals surface area contributed by atoms with E-state index in [-0.39, 0.29) is 32.0 Å². The van der Waals surface area contributed by atoms with Gasteiger partial charge in [0.1, 0.15) is 17.5 Å². The van der Waals surface area contributed by atoms with E-state index in [1.165, 1.54) is 4.90 Å². The highest BCUT2D eigenvalue weighted by atomic mass is 16.6. The number of amides is 2. The first-order chi connectivity index (χ1) is 13.1. The second-order valence-corrected chi connectivity index (χ2v) is 8.18. The fraction of sp³-hybridized carbons (Fsp3) is 0.571. The van der Waals surface area contributed by atoms with Crippen LogP contribution in [0.3, 0.4) is 0 Å². The number of hydrogen-bond donors (Lipinski definition) is 2. The number of aliphatic hydroxyl groups is 1. The molecule has 1 saturated heterocycles. The maximum atomic E-state index is 12.8. The van der Waals surface area contributed by atoms with Crippen LogP contribution in [0.4, 0.5) is 4.79 Å². The second kappa shape index (κ2) is 9.19. The van der Waals surface area contributed by atoms with E-state index in [4.69, 9.17) is 4.74 Å². The minimum absolute atomic E-state index is 0.132. The van der Waals surface area contributed by atoms with Crippen molar-refractivity contribution in [2.24, 2.45) is 0 Å². The number of carbonyl (C=O) groups is 3. The van der Waals surface area contributed by atoms with E-state index >= 15 is 0 Å². The van der Waals surface area contributed by atoms with Crippen molar-refractivity contribution in [1.82, 2.24) is 10.2 Å². The molecule has 1 aliphatic rings. The molecule has 0 radical (unpaired) electrons. The van der Waals surface area contributed by atoms with Gasteiger partial charge in [0.15, 0.2) is 0 Å². The molecule has 0 aromatic heterocycles. The Labute approximate surface area is 166 Å². The quantitative estimate of drug-likeness (QED) is 0.728. The first kappa shape index (κ1) is 21.9. The minimum atomic E-state index is -1.55. The average molecular weight is 390 g/mol. The fourth-order valence-corrected chi connectivity index (χ4v) is 3.15. The summed E-state index contributed by atoms with van der Waals surface area (Å²) >= 11 is 0. The van der Waals surface area contributed by atoms with Crippen LogP contribution in [0.2, 0.25) is 0 Å². The van der Waals surface area contributed by atoms with E-state index in [9.17, 15) is 19.5 Å². The Morgan fingerprint density at radius 1 is 1.25 bits per heavy atom. The first-order valence-corrected chi connectivity index (χ1v) is 9.64. The Bertz CT molecular complexity index is 676. The number of nitrogens with zero attached hydrogens (tertiary/aromatic N) is 1. The molecule has 0 aliphatic carbocycles. The van der Waals surface area contributed by atoms with Crippen molar-refractivity contribution in [3.8, 4) is 0 Å². The molecule has 1 heterocycles. The summed E-state index contributed by atoms with van der Waals surface area (Å²) in [5.74, 6) is -0.476. The summed E-state index contributed by atoms with van der Waals surface area (Å²) < 4.78 is 5.34. The molecule has 154 valence electrons. The number of nitrogens with one attached hydrogen (secondary N) is 1. The van der Waals surface area contributed by atoms with Gasteiger partial charge in [-0.05, 0) is 32.8 Å². The number of ether oxygens (including phenoxy) is 1. The highest BCUT2D eigenvalue weighted by Gasteiger charge is 2.41. The van der Waals surface area contributed by atoms with Crippen LogP contribution >= 0.6 is 0 Å². The predicted molar refractivity (Wildman–Crippen MR) is 105 cm³/mol. The van der Waals surface area contributed by atoms with Gasteiger partial charge in [-0.15, -0.1) is 0 Å². The highest BCUT2D eigenvalue weighted by molar-refractivity contribution is 5.85. The largest absolute Gasteiger partial charge is 0.444 e. The number of likely N-dealkylation sites (tertiary alicyclic amines) is 1. The van der Waals surface area contributed by atoms with Crippen molar-refractivity contribution in [2.45, 2.75) is 63.7 Å². The number of rotatable bonds is 6. The topological polar surface area (TPSA) is 95.9 Å². The predicted octanol–water partition coefficient (Wildman–Crippen LogP) is 2.58. The van der Waals surface area contributed by atoms with Crippen molar-refractivity contribution in [2.75, 3.05) is 13.1 Å². The third kappa shape index (κ3) is 6.05. The molecular weight excluding hydrogens is 360 g/mol. The van der Waals surface area contributed by atoms with Gasteiger partial charge in [-0.25, -0.2) is 4.79 Å². The lowest BCUT2D eigenvalue weighted by molar-refractivity contribution is -0.145. The Balaban J connectivity index is 1.99. The van der Waals surface area contributed by atoms with Crippen molar-refractivity contribution in [3.05, 3.63) is 35.9 Å². The molecule has 1 fully saturated rings. The third-order valence-electron chi connectivity index (χ3n) is 4.75. The summed E-state index contributed by atoms with van der Waals surface area (Å²) in [6, 6.07) is 9.01. The Hall–Kier alpha value is -2.41. The van der Waals surface area contributed by atoms with Crippen LogP contribution in [0.25, 0.3) is 0 Å². The van der Waals surface area contributed by atoms with Gasteiger partial charge in [-0.2, -0.15) is 0 Å². The van der Waals surface area contributed by atoms with Crippen LogP contribution < -0.4 is 5.32 Å². The Morgan fingerprint density at radius 3 is 2.39 bits per heavy atom. The molecule has 1 aromatic rings. The lowest BCUT2D eigenvalue weighted by Gasteiger charge is -2.38. The van der Waals surface area contributed by atoms with Gasteiger partial charge >= 0.3 is 6.09 Å². The molecule has 0 spiro atoms. The zero-order chi connectivity index (χ0) is 20.8. The Morgan fingerprint density at radius 2 is 1.86 bits per heavy atom. The lowest BCUT2D eigenvalue weighted by Crippen LogP contribution is -2.55. The van der Waals surface area contributed by atoms with Gasteiger partial charge in [-0.3, -0.25) is 4.79 Å². The van der Waals surface area contributed by atoms with Crippen molar-refractivity contribution >= 4 is 18.3 Å². The molecule has 28 heavy (non-hydrogen) atoms. The van der Waals surface area contributed by atoms with Crippen LogP contribution in [0.15, 0.2) is 30.3 Å². The molecule has 0 bridgehead atoms. The van der Waals surface area contributed by atoms with Crippen LogP contribution in [0.1, 0.15) is 58.1 Å². The third-order valence-corrected chi connectivity index (χ3v) is 4.75. The lowest BCUT2D eigenvalue weighted by atomic mass is 9.89. The second-order valence-electron chi connectivity index (χ2n) is 8.18. The molecule has 1 unspecified atom stereocenters. The smallest absolute Gasteiger partial charge is 0.410 e. The van der Waals surface area contributed by atoms with Crippen LogP contribution in [-0.4, -0.2) is 52.6 Å². The zero-order valence-corrected chi connectivity index (χ0v) is 16.8. The summed E-state index contributed by atoms with van der Waals surface area (Å²) in [6.07, 6.45) is 1.41. The number of carbonyl (C=O) groups excluding carboxylic acids is 3. The summed E-state index contributed by atoms with van der Waals surface area (Å²) in [6.45, 7) is 5.86. The molecule has 0 saturated carbocycles. The SMILES string of the molecule is CC(C)(C)OC(=O)N1CCC(O)(C(=O)NC(CCC=O)c2ccccc2)CC1. The Kier molecular flexibility index (Phi) is 7.18. The number of aldehydes is 1. The molecule has 2 N–H and O–H groups in total. The molecule has 7 heteroatoms. The normalized spacial score (nSPS) is 17.5. The average Bonchev–Trinajstić information content (AvgIpc) is 2.64. The van der Waals surface area contributed by atoms with Gasteiger partial charge < -0.3 is 24.9 Å². The zero-order valence-electron chi connectivity index (χ0n) is 16.8. The maximum absolute atomic E-state index is 12.8. The fourth-order valence-electron chi connectivity index (χ4n) is 3.15. The highest BCUT2D eigenvalue weighted by Crippen LogP contribution is 2.26. The number of hydrogen-bond acceptors (Lipinski definition) is 5. The summed E-state index contributed by atoms with van der Waals surface area (Å²) in [7, 11) is 0. The molecule has 2 rings (SSSR count). The van der Waals surface area contributed by atoms with E-state index in [0.29, 0.717) is 12.8 Å². The van der Waals surface area contributed by atoms with Crippen LogP contribution in [0.5, 0.6) is 0 Å². The van der Waals surface area contributed by atoms with E-state index in [0.717, 1.165) is 11.8 Å². The van der Waals surface area contributed by atoms with Crippen molar-refractivity contribution in [3.63, 3.8) is 0 Å². The van der Waals surface area contributed by atoms with E-state index in [2.05, 4.69) is 5.32 Å². The van der Waals surface area contributed by atoms with Crippen molar-refractivity contribution in [1.29, 1.82) is 0 Å². The molecule has 2 amide bonds. The molecule has 7 nitrogen and oxygen atoms in total. The van der Waals surface area contributed by atoms with Crippen molar-refractivity contribution < 1.29 is 24.2 Å². The minimum Gasteiger partial charge on any atom is -0.444 e. The monoisotopic (exact) mass is 390 g/mol. The summed E-state index contributed by atoms with van der Waals surface area (Å²) in [4.78, 5) is 37.2. The number of piperidine rings is 1. The van der Waals surface area contributed by atoms with Crippen LogP contribution in [0, 0.1) is 0 Å². The van der Waals surface area contributed by atoms with E-state index < -0.39 is 23.2 Å². The molecule has 1 atom stereocenters. The van der Waals surface area contributed by atoms with Crippen LogP contribution in [-0.2, 0) is 14.3 Å². The van der Waals surface area contributed by atoms with Gasteiger partial charge in [-0.1, -0.05) is 30.3 Å². The maximum Gasteiger partial charge on any atom is 0.410 e. The molecule has 1 aromatic carbocycles. The van der Waals surface area contributed by atoms with Gasteiger partial charge in [0.25, 0.3) is 5.91 Å². The van der Waals surface area contributed by atoms with Gasteiger partial charge in [0, 0.05) is 32.4 Å². The number of benzene rings is 1. The first-order valence-electron chi connectivity index (χ1n) is 9.64. The summed E-state index contributed by atoms with van der Waals surface area (Å²) in [5.41, 5.74) is -1.26. The van der Waals surface area contributed by atoms with Gasteiger partial charge in [0.2, 0.25) is 0 Å². The summed E-state index contributed by atoms with van der Waals surface area (Å²) in [5, 5.41) is 13.7. The van der Waals surface area contributed by atoms with Gasteiger partial charge in [0.05, 0.1) is 6.04 Å².